The molecule has 20 heavy (non-hydrogen) atoms. The van der Waals surface area contributed by atoms with E-state index in [0.717, 1.165) is 6.42 Å². The van der Waals surface area contributed by atoms with Gasteiger partial charge in [0.1, 0.15) is 0 Å². The molecule has 4 heteroatoms. The van der Waals surface area contributed by atoms with Crippen LogP contribution in [-0.2, 0) is 14.3 Å². The molecule has 0 saturated carbocycles. The van der Waals surface area contributed by atoms with Crippen LogP contribution in [0.3, 0.4) is 0 Å². The molecule has 0 aliphatic carbocycles. The van der Waals surface area contributed by atoms with Crippen molar-refractivity contribution in [3.8, 4) is 0 Å². The Morgan fingerprint density at radius 2 is 1.75 bits per heavy atom. The third-order valence-electron chi connectivity index (χ3n) is 4.26. The summed E-state index contributed by atoms with van der Waals surface area (Å²) in [4.78, 5) is 12.7. The second-order valence-corrected chi connectivity index (χ2v) is 8.31. The van der Waals surface area contributed by atoms with E-state index >= 15 is 0 Å². The van der Waals surface area contributed by atoms with Gasteiger partial charge >= 0.3 is 5.97 Å². The van der Waals surface area contributed by atoms with Crippen LogP contribution in [0.4, 0.5) is 0 Å². The largest absolute Gasteiger partial charge is 0.456 e. The third kappa shape index (κ3) is 3.95. The molecule has 3 unspecified atom stereocenters. The van der Waals surface area contributed by atoms with Crippen molar-refractivity contribution in [3.63, 3.8) is 0 Å². The summed E-state index contributed by atoms with van der Waals surface area (Å²) in [6, 6.07) is 0. The number of rotatable bonds is 3. The molecule has 0 bridgehead atoms. The molecule has 0 aromatic heterocycles. The Labute approximate surface area is 122 Å². The van der Waals surface area contributed by atoms with Crippen LogP contribution in [0.15, 0.2) is 0 Å². The Balaban J connectivity index is 2.91. The van der Waals surface area contributed by atoms with Crippen LogP contribution in [0.1, 0.15) is 61.3 Å². The summed E-state index contributed by atoms with van der Waals surface area (Å²) in [7, 11) is 0. The maximum atomic E-state index is 12.7. The second-order valence-electron chi connectivity index (χ2n) is 8.31. The highest BCUT2D eigenvalue weighted by Gasteiger charge is 2.49. The number of hydrogen-bond acceptors (Lipinski definition) is 4. The van der Waals surface area contributed by atoms with Crippen molar-refractivity contribution in [2.75, 3.05) is 6.61 Å². The maximum Gasteiger partial charge on any atom is 0.312 e. The van der Waals surface area contributed by atoms with Crippen LogP contribution in [0.25, 0.3) is 0 Å². The fourth-order valence-corrected chi connectivity index (χ4v) is 2.64. The fraction of sp³-hybridized carbons (Fsp3) is 0.938. The quantitative estimate of drug-likeness (QED) is 0.810. The van der Waals surface area contributed by atoms with Crippen LogP contribution in [0.2, 0.25) is 0 Å². The van der Waals surface area contributed by atoms with Gasteiger partial charge in [0.25, 0.3) is 0 Å². The molecule has 0 amide bonds. The van der Waals surface area contributed by atoms with Gasteiger partial charge in [0, 0.05) is 6.42 Å². The Kier molecular flexibility index (Phi) is 4.92. The molecule has 0 spiro atoms. The molecule has 1 aliphatic heterocycles. The summed E-state index contributed by atoms with van der Waals surface area (Å²) in [6.07, 6.45) is -0.240. The van der Waals surface area contributed by atoms with Crippen molar-refractivity contribution >= 4 is 5.97 Å². The number of carbonyl (C=O) groups is 1. The molecular formula is C16H30O4. The Bertz CT molecular complexity index is 350. The number of aliphatic hydroxyl groups excluding tert-OH is 1. The normalized spacial score (nSPS) is 27.2. The third-order valence-corrected chi connectivity index (χ3v) is 4.26. The number of carbonyl (C=O) groups excluding carboxylic acids is 1. The lowest BCUT2D eigenvalue weighted by atomic mass is 9.61. The zero-order valence-electron chi connectivity index (χ0n) is 13.9. The van der Waals surface area contributed by atoms with Gasteiger partial charge in [0.05, 0.1) is 12.0 Å². The van der Waals surface area contributed by atoms with Crippen LogP contribution in [0, 0.1) is 16.2 Å². The number of aliphatic hydroxyl groups is 1. The van der Waals surface area contributed by atoms with Crippen molar-refractivity contribution in [1.82, 2.24) is 0 Å². The van der Waals surface area contributed by atoms with Crippen molar-refractivity contribution in [3.05, 3.63) is 0 Å². The molecule has 1 aliphatic rings. The highest BCUT2D eigenvalue weighted by atomic mass is 16.7. The number of hydrogen-bond donors (Lipinski definition) is 1. The molecule has 1 fully saturated rings. The lowest BCUT2D eigenvalue weighted by Gasteiger charge is -2.43. The highest BCUT2D eigenvalue weighted by Crippen LogP contribution is 2.47. The van der Waals surface area contributed by atoms with Gasteiger partial charge in [-0.3, -0.25) is 4.79 Å². The van der Waals surface area contributed by atoms with E-state index in [9.17, 15) is 9.90 Å². The van der Waals surface area contributed by atoms with Crippen molar-refractivity contribution < 1.29 is 19.4 Å². The van der Waals surface area contributed by atoms with Gasteiger partial charge in [-0.1, -0.05) is 41.5 Å². The zero-order valence-corrected chi connectivity index (χ0v) is 13.9. The fourth-order valence-electron chi connectivity index (χ4n) is 2.64. The van der Waals surface area contributed by atoms with E-state index in [1.54, 1.807) is 0 Å². The van der Waals surface area contributed by atoms with E-state index in [4.69, 9.17) is 9.47 Å². The number of esters is 1. The summed E-state index contributed by atoms with van der Waals surface area (Å²) >= 11 is 0. The average molecular weight is 286 g/mol. The molecule has 0 aromatic rings. The molecule has 118 valence electrons. The molecule has 1 heterocycles. The van der Waals surface area contributed by atoms with Gasteiger partial charge in [0.2, 0.25) is 0 Å². The van der Waals surface area contributed by atoms with Crippen LogP contribution >= 0.6 is 0 Å². The minimum atomic E-state index is -0.988. The summed E-state index contributed by atoms with van der Waals surface area (Å²) in [6.45, 7) is 14.9. The molecule has 4 nitrogen and oxygen atoms in total. The molecular weight excluding hydrogens is 256 g/mol. The first-order chi connectivity index (χ1) is 8.87. The van der Waals surface area contributed by atoms with Gasteiger partial charge < -0.3 is 14.6 Å². The lowest BCUT2D eigenvalue weighted by molar-refractivity contribution is -0.185. The molecule has 1 rings (SSSR count). The summed E-state index contributed by atoms with van der Waals surface area (Å²) < 4.78 is 10.6. The SMILES string of the molecule is CC(C)(C)CC(C)(C(=O)OC1CCOC1O)C(C)(C)C. The lowest BCUT2D eigenvalue weighted by Crippen LogP contribution is -2.46. The highest BCUT2D eigenvalue weighted by molar-refractivity contribution is 5.77. The van der Waals surface area contributed by atoms with Gasteiger partial charge in [-0.25, -0.2) is 0 Å². The zero-order chi connectivity index (χ0) is 15.8. The van der Waals surface area contributed by atoms with Gasteiger partial charge in [-0.05, 0) is 24.2 Å². The van der Waals surface area contributed by atoms with E-state index in [2.05, 4.69) is 41.5 Å². The minimum Gasteiger partial charge on any atom is -0.456 e. The average Bonchev–Trinajstić information content (AvgIpc) is 2.60. The molecule has 0 radical (unpaired) electrons. The Hall–Kier alpha value is -0.610. The first-order valence-electron chi connectivity index (χ1n) is 7.38. The van der Waals surface area contributed by atoms with Crippen LogP contribution < -0.4 is 0 Å². The molecule has 0 aromatic carbocycles. The van der Waals surface area contributed by atoms with E-state index in [1.807, 2.05) is 6.92 Å². The summed E-state index contributed by atoms with van der Waals surface area (Å²) in [5.41, 5.74) is -0.804. The molecule has 1 saturated heterocycles. The van der Waals surface area contributed by atoms with E-state index in [-0.39, 0.29) is 16.8 Å². The van der Waals surface area contributed by atoms with Crippen molar-refractivity contribution in [1.29, 1.82) is 0 Å². The Morgan fingerprint density at radius 1 is 1.20 bits per heavy atom. The van der Waals surface area contributed by atoms with E-state index < -0.39 is 17.8 Å². The smallest absolute Gasteiger partial charge is 0.312 e. The topological polar surface area (TPSA) is 55.8 Å². The monoisotopic (exact) mass is 286 g/mol. The Morgan fingerprint density at radius 3 is 2.10 bits per heavy atom. The second kappa shape index (κ2) is 5.64. The number of ether oxygens (including phenoxy) is 2. The minimum absolute atomic E-state index is 0.0197. The van der Waals surface area contributed by atoms with Gasteiger partial charge in [0.15, 0.2) is 12.4 Å². The molecule has 3 atom stereocenters. The standard InChI is InChI=1S/C16H30O4/c1-14(2,3)10-16(7,15(4,5)6)13(18)20-11-8-9-19-12(11)17/h11-12,17H,8-10H2,1-7H3. The summed E-state index contributed by atoms with van der Waals surface area (Å²) in [5, 5.41) is 9.64. The van der Waals surface area contributed by atoms with E-state index in [0.29, 0.717) is 13.0 Å². The first kappa shape index (κ1) is 17.4. The summed E-state index contributed by atoms with van der Waals surface area (Å²) in [5.74, 6) is -0.241. The molecule has 1 N–H and O–H groups in total. The van der Waals surface area contributed by atoms with Gasteiger partial charge in [-0.15, -0.1) is 0 Å². The maximum absolute atomic E-state index is 12.7. The van der Waals surface area contributed by atoms with Gasteiger partial charge in [-0.2, -0.15) is 0 Å². The van der Waals surface area contributed by atoms with Crippen molar-refractivity contribution in [2.45, 2.75) is 73.7 Å². The van der Waals surface area contributed by atoms with Crippen molar-refractivity contribution in [2.24, 2.45) is 16.2 Å². The van der Waals surface area contributed by atoms with E-state index in [1.165, 1.54) is 0 Å². The van der Waals surface area contributed by atoms with Crippen LogP contribution in [-0.4, -0.2) is 30.1 Å². The predicted molar refractivity (Wildman–Crippen MR) is 78.1 cm³/mol. The predicted octanol–water partition coefficient (Wildman–Crippen LogP) is 3.13. The first-order valence-corrected chi connectivity index (χ1v) is 7.38. The van der Waals surface area contributed by atoms with Crippen LogP contribution in [0.5, 0.6) is 0 Å².